The topological polar surface area (TPSA) is 81.5 Å². The average Bonchev–Trinajstić information content (AvgIpc) is 2.98. The van der Waals surface area contributed by atoms with Crippen LogP contribution in [0.1, 0.15) is 15.2 Å². The van der Waals surface area contributed by atoms with Gasteiger partial charge in [0, 0.05) is 0 Å². The van der Waals surface area contributed by atoms with E-state index in [9.17, 15) is 13.2 Å². The Morgan fingerprint density at radius 2 is 1.86 bits per heavy atom. The van der Waals surface area contributed by atoms with E-state index < -0.39 is 16.1 Å². The lowest BCUT2D eigenvalue weighted by Crippen LogP contribution is -2.50. The molecule has 0 saturated heterocycles. The van der Waals surface area contributed by atoms with Crippen molar-refractivity contribution >= 4 is 33.1 Å². The number of hydrogen-bond donors (Lipinski definition) is 0. The van der Waals surface area contributed by atoms with E-state index in [0.717, 1.165) is 8.61 Å². The number of hydrogen-bond acceptors (Lipinski definition) is 5. The SMILES string of the molecule is N#CCN1c2ccsc2C(=O)N(Cc2ccccc2)S1(=O)=O. The number of carbonyl (C=O) groups excluding carboxylic acids is 1. The van der Waals surface area contributed by atoms with Crippen molar-refractivity contribution < 1.29 is 13.2 Å². The first-order valence-electron chi connectivity index (χ1n) is 6.39. The zero-order chi connectivity index (χ0) is 15.7. The minimum atomic E-state index is -4.06. The minimum Gasteiger partial charge on any atom is -0.267 e. The molecule has 0 fully saturated rings. The minimum absolute atomic E-state index is 0.0543. The van der Waals surface area contributed by atoms with Crippen LogP contribution in [0.15, 0.2) is 41.8 Å². The van der Waals surface area contributed by atoms with Crippen LogP contribution in [0.5, 0.6) is 0 Å². The van der Waals surface area contributed by atoms with Crippen LogP contribution in [0, 0.1) is 11.3 Å². The lowest BCUT2D eigenvalue weighted by atomic mass is 10.2. The normalized spacial score (nSPS) is 16.2. The first-order chi connectivity index (χ1) is 10.6. The van der Waals surface area contributed by atoms with Gasteiger partial charge in [-0.15, -0.1) is 11.3 Å². The maximum atomic E-state index is 12.7. The zero-order valence-electron chi connectivity index (χ0n) is 11.3. The first-order valence-corrected chi connectivity index (χ1v) is 8.66. The van der Waals surface area contributed by atoms with E-state index in [1.54, 1.807) is 35.7 Å². The van der Waals surface area contributed by atoms with Crippen molar-refractivity contribution in [1.29, 1.82) is 5.26 Å². The van der Waals surface area contributed by atoms with E-state index in [0.29, 0.717) is 10.4 Å². The summed E-state index contributed by atoms with van der Waals surface area (Å²) in [6.07, 6.45) is 0. The highest BCUT2D eigenvalue weighted by Crippen LogP contribution is 2.36. The Kier molecular flexibility index (Phi) is 3.60. The molecule has 8 heteroatoms. The molecule has 22 heavy (non-hydrogen) atoms. The lowest BCUT2D eigenvalue weighted by Gasteiger charge is -2.34. The number of nitrogens with zero attached hydrogens (tertiary/aromatic N) is 3. The fourth-order valence-electron chi connectivity index (χ4n) is 2.25. The third-order valence-corrected chi connectivity index (χ3v) is 5.90. The maximum Gasteiger partial charge on any atom is 0.330 e. The number of rotatable bonds is 3. The van der Waals surface area contributed by atoms with Gasteiger partial charge in [-0.1, -0.05) is 30.3 Å². The van der Waals surface area contributed by atoms with Crippen molar-refractivity contribution in [1.82, 2.24) is 4.31 Å². The van der Waals surface area contributed by atoms with Crippen LogP contribution in [0.4, 0.5) is 5.69 Å². The molecule has 2 aromatic rings. The molecule has 0 saturated carbocycles. The summed E-state index contributed by atoms with van der Waals surface area (Å²) >= 11 is 1.17. The molecule has 0 unspecified atom stereocenters. The molecule has 0 N–H and O–H groups in total. The smallest absolute Gasteiger partial charge is 0.267 e. The van der Waals surface area contributed by atoms with E-state index in [2.05, 4.69) is 0 Å². The number of anilines is 1. The largest absolute Gasteiger partial charge is 0.330 e. The average molecular weight is 333 g/mol. The summed E-state index contributed by atoms with van der Waals surface area (Å²) in [5.41, 5.74) is 0.984. The number of amides is 1. The molecule has 112 valence electrons. The van der Waals surface area contributed by atoms with Crippen LogP contribution in [-0.2, 0) is 16.8 Å². The molecule has 1 aliphatic rings. The molecular formula is C14H11N3O3S2. The molecule has 0 spiro atoms. The van der Waals surface area contributed by atoms with Crippen LogP contribution < -0.4 is 4.31 Å². The van der Waals surface area contributed by atoms with Gasteiger partial charge in [0.15, 0.2) is 0 Å². The fourth-order valence-corrected chi connectivity index (χ4v) is 4.68. The van der Waals surface area contributed by atoms with Gasteiger partial charge in [-0.2, -0.15) is 13.7 Å². The summed E-state index contributed by atoms with van der Waals surface area (Å²) in [6, 6.07) is 12.3. The highest BCUT2D eigenvalue weighted by molar-refractivity contribution is 7.91. The van der Waals surface area contributed by atoms with Crippen LogP contribution in [0.2, 0.25) is 0 Å². The van der Waals surface area contributed by atoms with Gasteiger partial charge in [0.25, 0.3) is 5.91 Å². The molecular weight excluding hydrogens is 322 g/mol. The summed E-state index contributed by atoms with van der Waals surface area (Å²) in [4.78, 5) is 12.8. The van der Waals surface area contributed by atoms with Crippen molar-refractivity contribution in [3.05, 3.63) is 52.2 Å². The van der Waals surface area contributed by atoms with E-state index in [4.69, 9.17) is 5.26 Å². The molecule has 3 rings (SSSR count). The number of fused-ring (bicyclic) bond motifs is 1. The Morgan fingerprint density at radius 1 is 1.14 bits per heavy atom. The maximum absolute atomic E-state index is 12.7. The second-order valence-corrected chi connectivity index (χ2v) is 7.30. The van der Waals surface area contributed by atoms with Gasteiger partial charge in [0.1, 0.15) is 11.4 Å². The fraction of sp³-hybridized carbons (Fsp3) is 0.143. The monoisotopic (exact) mass is 333 g/mol. The highest BCUT2D eigenvalue weighted by Gasteiger charge is 2.42. The van der Waals surface area contributed by atoms with Gasteiger partial charge in [0.05, 0.1) is 18.3 Å². The molecule has 1 aliphatic heterocycles. The summed E-state index contributed by atoms with van der Waals surface area (Å²) in [5, 5.41) is 10.5. The molecule has 0 atom stereocenters. The van der Waals surface area contributed by atoms with Crippen molar-refractivity contribution in [3.8, 4) is 6.07 Å². The highest BCUT2D eigenvalue weighted by atomic mass is 32.2. The Balaban J connectivity index is 2.07. The lowest BCUT2D eigenvalue weighted by molar-refractivity contribution is 0.0856. The molecule has 1 amide bonds. The van der Waals surface area contributed by atoms with Gasteiger partial charge in [-0.05, 0) is 17.0 Å². The van der Waals surface area contributed by atoms with Crippen molar-refractivity contribution in [3.63, 3.8) is 0 Å². The van der Waals surface area contributed by atoms with E-state index in [1.165, 1.54) is 11.3 Å². The third-order valence-electron chi connectivity index (χ3n) is 3.27. The Hall–Kier alpha value is -2.37. The summed E-state index contributed by atoms with van der Waals surface area (Å²) in [5.74, 6) is -0.553. The van der Waals surface area contributed by atoms with E-state index >= 15 is 0 Å². The van der Waals surface area contributed by atoms with Crippen LogP contribution in [0.3, 0.4) is 0 Å². The number of nitriles is 1. The second kappa shape index (κ2) is 5.44. The van der Waals surface area contributed by atoms with Gasteiger partial charge < -0.3 is 0 Å². The molecule has 0 bridgehead atoms. The predicted octanol–water partition coefficient (Wildman–Crippen LogP) is 1.98. The van der Waals surface area contributed by atoms with Crippen molar-refractivity contribution in [2.45, 2.75) is 6.54 Å². The van der Waals surface area contributed by atoms with Crippen LogP contribution in [0.25, 0.3) is 0 Å². The van der Waals surface area contributed by atoms with Crippen molar-refractivity contribution in [2.75, 3.05) is 10.8 Å². The molecule has 0 aliphatic carbocycles. The molecule has 1 aromatic heterocycles. The molecule has 2 heterocycles. The Labute approximate surface area is 132 Å². The van der Waals surface area contributed by atoms with Gasteiger partial charge in [-0.3, -0.25) is 4.79 Å². The van der Waals surface area contributed by atoms with Crippen LogP contribution in [-0.4, -0.2) is 25.2 Å². The molecule has 0 radical (unpaired) electrons. The quantitative estimate of drug-likeness (QED) is 0.804. The Morgan fingerprint density at radius 3 is 2.55 bits per heavy atom. The summed E-state index contributed by atoms with van der Waals surface area (Å²) in [6.45, 7) is -0.383. The Bertz CT molecular complexity index is 853. The number of carbonyl (C=O) groups is 1. The molecule has 1 aromatic carbocycles. The second-order valence-electron chi connectivity index (χ2n) is 4.60. The number of thiophene rings is 1. The first kappa shape index (κ1) is 14.6. The van der Waals surface area contributed by atoms with E-state index in [-0.39, 0.29) is 18.8 Å². The number of benzene rings is 1. The van der Waals surface area contributed by atoms with Gasteiger partial charge >= 0.3 is 10.2 Å². The van der Waals surface area contributed by atoms with Crippen LogP contribution >= 0.6 is 11.3 Å². The predicted molar refractivity (Wildman–Crippen MR) is 82.5 cm³/mol. The molecule has 6 nitrogen and oxygen atoms in total. The van der Waals surface area contributed by atoms with E-state index in [1.807, 2.05) is 12.1 Å². The van der Waals surface area contributed by atoms with Gasteiger partial charge in [-0.25, -0.2) is 8.61 Å². The summed E-state index contributed by atoms with van der Waals surface area (Å²) < 4.78 is 27.1. The standard InChI is InChI=1S/C14H11N3O3S2/c15-7-8-16-12-6-9-21-13(12)14(18)17(22(16,19)20)10-11-4-2-1-3-5-11/h1-6,9H,8,10H2. The summed E-state index contributed by atoms with van der Waals surface area (Å²) in [7, 11) is -4.06. The third kappa shape index (κ3) is 2.24. The van der Waals surface area contributed by atoms with Gasteiger partial charge in [0.2, 0.25) is 0 Å². The van der Waals surface area contributed by atoms with Crippen molar-refractivity contribution in [2.24, 2.45) is 0 Å². The zero-order valence-corrected chi connectivity index (χ0v) is 13.0.